The zero-order valence-electron chi connectivity index (χ0n) is 26.7. The highest BCUT2D eigenvalue weighted by molar-refractivity contribution is 5.83. The summed E-state index contributed by atoms with van der Waals surface area (Å²) in [5.74, 6) is -4.49. The predicted molar refractivity (Wildman–Crippen MR) is 152 cm³/mol. The Balaban J connectivity index is 2.60. The van der Waals surface area contributed by atoms with Gasteiger partial charge in [0.2, 0.25) is 0 Å². The van der Waals surface area contributed by atoms with Crippen molar-refractivity contribution in [3.63, 3.8) is 0 Å². The van der Waals surface area contributed by atoms with Crippen LogP contribution in [-0.4, -0.2) is 118 Å². The normalized spacial score (nSPS) is 47.6. The molecular formula is C30H55NO10. The molecule has 0 saturated carbocycles. The fourth-order valence-corrected chi connectivity index (χ4v) is 6.59. The molecule has 14 atom stereocenters. The number of methoxy groups -OCH3 is 1. The van der Waals surface area contributed by atoms with Crippen LogP contribution in [0.3, 0.4) is 0 Å². The van der Waals surface area contributed by atoms with Gasteiger partial charge in [-0.1, -0.05) is 27.7 Å². The zero-order chi connectivity index (χ0) is 31.6. The summed E-state index contributed by atoms with van der Waals surface area (Å²) in [7, 11) is 5.21. The number of hydrogen-bond acceptors (Lipinski definition) is 11. The summed E-state index contributed by atoms with van der Waals surface area (Å²) >= 11 is 0. The molecule has 2 fully saturated rings. The average Bonchev–Trinajstić information content (AvgIpc) is 2.92. The van der Waals surface area contributed by atoms with Gasteiger partial charge in [0.05, 0.1) is 35.9 Å². The number of aliphatic hydroxyl groups excluding tert-OH is 3. The Morgan fingerprint density at radius 2 is 1.59 bits per heavy atom. The lowest BCUT2D eigenvalue weighted by atomic mass is 9.74. The smallest absolute Gasteiger partial charge is 0.311 e. The molecule has 2 saturated heterocycles. The average molecular weight is 590 g/mol. The van der Waals surface area contributed by atoms with Crippen LogP contribution >= 0.6 is 0 Å². The second-order valence-corrected chi connectivity index (χ2v) is 13.1. The maximum atomic E-state index is 13.6. The van der Waals surface area contributed by atoms with Gasteiger partial charge in [-0.3, -0.25) is 9.59 Å². The Hall–Kier alpha value is -1.18. The number of hydrogen-bond donors (Lipinski definition) is 4. The molecule has 0 aromatic rings. The number of carbonyl (C=O) groups excluding carboxylic acids is 2. The highest BCUT2D eigenvalue weighted by Gasteiger charge is 2.51. The van der Waals surface area contributed by atoms with Crippen LogP contribution in [0.4, 0.5) is 0 Å². The number of nitrogens with zero attached hydrogens (tertiary/aromatic N) is 1. The van der Waals surface area contributed by atoms with E-state index in [1.54, 1.807) is 34.6 Å². The summed E-state index contributed by atoms with van der Waals surface area (Å²) in [4.78, 5) is 28.8. The molecule has 41 heavy (non-hydrogen) atoms. The summed E-state index contributed by atoms with van der Waals surface area (Å²) in [5.41, 5.74) is -3.11. The lowest BCUT2D eigenvalue weighted by molar-refractivity contribution is -0.301. The van der Waals surface area contributed by atoms with Gasteiger partial charge >= 0.3 is 5.97 Å². The van der Waals surface area contributed by atoms with Crippen LogP contribution in [0.5, 0.6) is 0 Å². The zero-order valence-corrected chi connectivity index (χ0v) is 26.7. The van der Waals surface area contributed by atoms with E-state index in [1.165, 1.54) is 21.0 Å². The van der Waals surface area contributed by atoms with Crippen molar-refractivity contribution >= 4 is 11.8 Å². The van der Waals surface area contributed by atoms with Crippen molar-refractivity contribution in [2.45, 2.75) is 135 Å². The fraction of sp³-hybridized carbons (Fsp3) is 0.933. The van der Waals surface area contributed by atoms with Crippen LogP contribution in [-0.2, 0) is 28.5 Å². The lowest BCUT2D eigenvalue weighted by Crippen LogP contribution is -2.60. The molecule has 0 aromatic carbocycles. The summed E-state index contributed by atoms with van der Waals surface area (Å²) in [6.45, 7) is 13.2. The molecule has 11 heteroatoms. The molecule has 0 spiro atoms. The van der Waals surface area contributed by atoms with E-state index < -0.39 is 77.7 Å². The molecule has 2 aliphatic heterocycles. The second-order valence-electron chi connectivity index (χ2n) is 13.1. The largest absolute Gasteiger partial charge is 0.459 e. The molecule has 2 rings (SSSR count). The molecule has 4 N–H and O–H groups in total. The molecule has 11 nitrogen and oxygen atoms in total. The highest BCUT2D eigenvalue weighted by atomic mass is 16.7. The van der Waals surface area contributed by atoms with Crippen LogP contribution in [0.25, 0.3) is 0 Å². The third-order valence-corrected chi connectivity index (χ3v) is 9.52. The SMILES string of the molecule is CC[C@H]1OC(=O)[C@H](C)[C@@H](O)[C@H](C)[C@@H](O[C@@H]2O[C@H](C)C[C@H](N(C)C)[C@H]2O)[C@](C)(OC)C[C@@H](C)C(=O)[C@H](C)[C@@H](O)[C@]1(C)O. The minimum absolute atomic E-state index is 0.134. The van der Waals surface area contributed by atoms with Crippen molar-refractivity contribution < 1.29 is 49.0 Å². The van der Waals surface area contributed by atoms with E-state index in [1.807, 2.05) is 25.9 Å². The first kappa shape index (κ1) is 36.0. The molecular weight excluding hydrogens is 534 g/mol. The molecule has 0 bridgehead atoms. The quantitative estimate of drug-likeness (QED) is 0.345. The maximum Gasteiger partial charge on any atom is 0.311 e. The van der Waals surface area contributed by atoms with Crippen LogP contribution in [0.15, 0.2) is 0 Å². The predicted octanol–water partition coefficient (Wildman–Crippen LogP) is 1.51. The Bertz CT molecular complexity index is 883. The Morgan fingerprint density at radius 3 is 2.10 bits per heavy atom. The number of carbonyl (C=O) groups is 2. The number of aliphatic hydroxyl groups is 4. The summed E-state index contributed by atoms with van der Waals surface area (Å²) in [6, 6.07) is -0.244. The van der Waals surface area contributed by atoms with Crippen molar-refractivity contribution in [3.05, 3.63) is 0 Å². The van der Waals surface area contributed by atoms with Gasteiger partial charge in [-0.2, -0.15) is 0 Å². The standard InChI is InChI=1S/C30H55NO10/c1-12-21-30(8,37)25(35)17(4)22(32)15(2)14-29(7,38-11)26(18(5)23(33)19(6)27(36)40-21)41-28-24(34)20(31(9)10)13-16(3)39-28/h15-21,23-26,28,33-35,37H,12-14H2,1-11H3/t15-,16-,17+,18+,19-,20+,21-,23+,24-,25-,26-,28+,29-,30-/m1/s1. The van der Waals surface area contributed by atoms with Crippen molar-refractivity contribution in [1.29, 1.82) is 0 Å². The first-order valence-electron chi connectivity index (χ1n) is 14.9. The van der Waals surface area contributed by atoms with Gasteiger partial charge in [0.25, 0.3) is 0 Å². The maximum absolute atomic E-state index is 13.6. The molecule has 0 radical (unpaired) electrons. The van der Waals surface area contributed by atoms with Crippen molar-refractivity contribution in [2.75, 3.05) is 21.2 Å². The van der Waals surface area contributed by atoms with Gasteiger partial charge in [0.15, 0.2) is 6.29 Å². The molecule has 0 aliphatic carbocycles. The number of ether oxygens (including phenoxy) is 4. The minimum atomic E-state index is -1.91. The van der Waals surface area contributed by atoms with E-state index in [4.69, 9.17) is 18.9 Å². The van der Waals surface area contributed by atoms with E-state index in [-0.39, 0.29) is 30.8 Å². The Morgan fingerprint density at radius 1 is 1.00 bits per heavy atom. The number of rotatable bonds is 5. The number of esters is 1. The van der Waals surface area contributed by atoms with Crippen LogP contribution < -0.4 is 0 Å². The van der Waals surface area contributed by atoms with Gasteiger partial charge in [-0.05, 0) is 61.1 Å². The van der Waals surface area contributed by atoms with Gasteiger partial charge in [-0.15, -0.1) is 0 Å². The van der Waals surface area contributed by atoms with Crippen molar-refractivity contribution in [1.82, 2.24) is 4.90 Å². The number of likely N-dealkylation sites (N-methyl/N-ethyl adjacent to an activating group) is 1. The molecule has 0 unspecified atom stereocenters. The van der Waals surface area contributed by atoms with E-state index in [0.717, 1.165) is 0 Å². The van der Waals surface area contributed by atoms with E-state index in [9.17, 15) is 30.0 Å². The van der Waals surface area contributed by atoms with Gasteiger partial charge in [0, 0.05) is 30.9 Å². The summed E-state index contributed by atoms with van der Waals surface area (Å²) in [5, 5.41) is 45.1. The van der Waals surface area contributed by atoms with Crippen LogP contribution in [0.2, 0.25) is 0 Å². The molecule has 2 aliphatic rings. The van der Waals surface area contributed by atoms with Crippen LogP contribution in [0.1, 0.15) is 74.7 Å². The summed E-state index contributed by atoms with van der Waals surface area (Å²) in [6.07, 6.45) is -6.25. The first-order chi connectivity index (χ1) is 18.8. The molecule has 0 amide bonds. The van der Waals surface area contributed by atoms with E-state index in [2.05, 4.69) is 0 Å². The highest BCUT2D eigenvalue weighted by Crippen LogP contribution is 2.39. The topological polar surface area (TPSA) is 155 Å². The van der Waals surface area contributed by atoms with Gasteiger partial charge < -0.3 is 44.3 Å². The number of ketones is 1. The molecule has 240 valence electrons. The third-order valence-electron chi connectivity index (χ3n) is 9.52. The third kappa shape index (κ3) is 7.67. The fourth-order valence-electron chi connectivity index (χ4n) is 6.59. The van der Waals surface area contributed by atoms with Gasteiger partial charge in [-0.25, -0.2) is 0 Å². The molecule has 2 heterocycles. The summed E-state index contributed by atoms with van der Waals surface area (Å²) < 4.78 is 24.2. The lowest BCUT2D eigenvalue weighted by Gasteiger charge is -2.48. The van der Waals surface area contributed by atoms with Crippen LogP contribution in [0, 0.1) is 23.7 Å². The first-order valence-corrected chi connectivity index (χ1v) is 14.9. The molecule has 0 aromatic heterocycles. The van der Waals surface area contributed by atoms with E-state index >= 15 is 0 Å². The number of cyclic esters (lactones) is 1. The number of Topliss-reactive ketones (excluding diaryl/α,β-unsaturated/α-hetero) is 1. The van der Waals surface area contributed by atoms with Gasteiger partial charge in [0.1, 0.15) is 23.6 Å². The van der Waals surface area contributed by atoms with E-state index in [0.29, 0.717) is 6.42 Å². The monoisotopic (exact) mass is 589 g/mol. The Labute approximate surface area is 245 Å². The minimum Gasteiger partial charge on any atom is -0.459 e. The Kier molecular flexibility index (Phi) is 12.4. The van der Waals surface area contributed by atoms with Crippen molar-refractivity contribution in [3.8, 4) is 0 Å². The van der Waals surface area contributed by atoms with Crippen molar-refractivity contribution in [2.24, 2.45) is 23.7 Å². The second kappa shape index (κ2) is 14.1.